The van der Waals surface area contributed by atoms with Crippen LogP contribution in [0.4, 0.5) is 0 Å². The summed E-state index contributed by atoms with van der Waals surface area (Å²) in [6, 6.07) is 0. The van der Waals surface area contributed by atoms with Crippen LogP contribution in [-0.2, 0) is 14.3 Å². The first kappa shape index (κ1) is 21.9. The maximum atomic E-state index is 11.2. The van der Waals surface area contributed by atoms with Crippen LogP contribution < -0.4 is 5.32 Å². The molecular formula is C14H27NO3S2. The highest BCUT2D eigenvalue weighted by molar-refractivity contribution is 8.76. The van der Waals surface area contributed by atoms with Gasteiger partial charge in [0.05, 0.1) is 19.8 Å². The summed E-state index contributed by atoms with van der Waals surface area (Å²) in [4.78, 5) is 11.2. The van der Waals surface area contributed by atoms with E-state index in [-0.39, 0.29) is 12.5 Å². The van der Waals surface area contributed by atoms with Crippen molar-refractivity contribution in [2.75, 3.05) is 38.1 Å². The van der Waals surface area contributed by atoms with Gasteiger partial charge in [-0.2, -0.15) is 0 Å². The van der Waals surface area contributed by atoms with Crippen LogP contribution in [0.1, 0.15) is 34.1 Å². The topological polar surface area (TPSA) is 47.6 Å². The molecule has 0 fully saturated rings. The first-order valence-electron chi connectivity index (χ1n) is 6.93. The van der Waals surface area contributed by atoms with Crippen molar-refractivity contribution >= 4 is 27.5 Å². The first-order valence-corrected chi connectivity index (χ1v) is 9.42. The quantitative estimate of drug-likeness (QED) is 0.290. The van der Waals surface area contributed by atoms with E-state index >= 15 is 0 Å². The van der Waals surface area contributed by atoms with E-state index < -0.39 is 0 Å². The number of nitrogens with one attached hydrogen (secondary N) is 1. The van der Waals surface area contributed by atoms with E-state index in [1.807, 2.05) is 20.8 Å². The van der Waals surface area contributed by atoms with Crippen LogP contribution in [0.15, 0.2) is 0 Å². The molecule has 0 aromatic heterocycles. The smallest absolute Gasteiger partial charge is 0.246 e. The van der Waals surface area contributed by atoms with Crippen molar-refractivity contribution in [1.29, 1.82) is 0 Å². The first-order chi connectivity index (χ1) is 9.81. The molecule has 4 nitrogen and oxygen atoms in total. The van der Waals surface area contributed by atoms with Gasteiger partial charge in [-0.05, 0) is 0 Å². The Balaban J connectivity index is 0. The molecular weight excluding hydrogens is 294 g/mol. The van der Waals surface area contributed by atoms with Gasteiger partial charge in [0.15, 0.2) is 0 Å². The molecule has 1 N–H and O–H groups in total. The molecule has 0 spiro atoms. The molecule has 0 aliphatic rings. The molecule has 0 aromatic rings. The lowest BCUT2D eigenvalue weighted by atomic mass is 10.4. The van der Waals surface area contributed by atoms with Gasteiger partial charge in [0.2, 0.25) is 5.91 Å². The SMILES string of the molecule is CC.CCC#CCNC(=O)COCCOCSSCC. The summed E-state index contributed by atoms with van der Waals surface area (Å²) < 4.78 is 10.5. The maximum absolute atomic E-state index is 11.2. The van der Waals surface area contributed by atoms with Gasteiger partial charge in [-0.15, -0.1) is 5.92 Å². The lowest BCUT2D eigenvalue weighted by Crippen LogP contribution is -2.28. The van der Waals surface area contributed by atoms with Crippen molar-refractivity contribution in [2.45, 2.75) is 34.1 Å². The largest absolute Gasteiger partial charge is 0.369 e. The van der Waals surface area contributed by atoms with E-state index in [1.54, 1.807) is 21.6 Å². The van der Waals surface area contributed by atoms with E-state index in [2.05, 4.69) is 24.1 Å². The second kappa shape index (κ2) is 21.0. The van der Waals surface area contributed by atoms with E-state index in [0.717, 1.165) is 12.2 Å². The minimum atomic E-state index is -0.142. The highest BCUT2D eigenvalue weighted by Crippen LogP contribution is 2.19. The number of ether oxygens (including phenoxy) is 2. The predicted octanol–water partition coefficient (Wildman–Crippen LogP) is 2.93. The standard InChI is InChI=1S/C12H21NO3S2.C2H6/c1-3-5-6-7-13-12(14)10-15-8-9-16-11-18-17-4-2;1-2/h3-4,7-11H2,1-2H3,(H,13,14);1-2H3. The average molecular weight is 322 g/mol. The lowest BCUT2D eigenvalue weighted by Gasteiger charge is -2.05. The molecule has 0 unspecified atom stereocenters. The third-order valence-corrected chi connectivity index (χ3v) is 3.77. The Morgan fingerprint density at radius 3 is 2.45 bits per heavy atom. The second-order valence-electron chi connectivity index (χ2n) is 3.09. The van der Waals surface area contributed by atoms with Crippen molar-refractivity contribution in [3.63, 3.8) is 0 Å². The van der Waals surface area contributed by atoms with Gasteiger partial charge >= 0.3 is 0 Å². The number of hydrogen-bond donors (Lipinski definition) is 1. The number of rotatable bonds is 10. The fourth-order valence-electron chi connectivity index (χ4n) is 0.874. The third kappa shape index (κ3) is 20.0. The van der Waals surface area contributed by atoms with E-state index in [0.29, 0.717) is 25.7 Å². The minimum Gasteiger partial charge on any atom is -0.369 e. The van der Waals surface area contributed by atoms with Gasteiger partial charge in [0.1, 0.15) is 12.5 Å². The molecule has 0 bridgehead atoms. The highest BCUT2D eigenvalue weighted by atomic mass is 33.1. The zero-order valence-electron chi connectivity index (χ0n) is 13.0. The molecule has 0 aliphatic carbocycles. The van der Waals surface area contributed by atoms with Crippen LogP contribution in [-0.4, -0.2) is 44.0 Å². The van der Waals surface area contributed by atoms with Gasteiger partial charge in [-0.1, -0.05) is 55.2 Å². The number of amides is 1. The molecule has 0 aliphatic heterocycles. The fourth-order valence-corrected chi connectivity index (χ4v) is 2.20. The van der Waals surface area contributed by atoms with Crippen LogP contribution in [0.2, 0.25) is 0 Å². The molecule has 0 radical (unpaired) electrons. The van der Waals surface area contributed by atoms with Crippen LogP contribution in [0.3, 0.4) is 0 Å². The number of hydrogen-bond acceptors (Lipinski definition) is 5. The summed E-state index contributed by atoms with van der Waals surface area (Å²) >= 11 is 0. The molecule has 118 valence electrons. The Morgan fingerprint density at radius 2 is 1.80 bits per heavy atom. The molecule has 20 heavy (non-hydrogen) atoms. The second-order valence-corrected chi connectivity index (χ2v) is 5.79. The van der Waals surface area contributed by atoms with Gasteiger partial charge in [-0.25, -0.2) is 0 Å². The molecule has 0 rings (SSSR count). The summed E-state index contributed by atoms with van der Waals surface area (Å²) in [5.74, 6) is 7.29. The minimum absolute atomic E-state index is 0.0635. The van der Waals surface area contributed by atoms with E-state index in [9.17, 15) is 4.79 Å². The summed E-state index contributed by atoms with van der Waals surface area (Å²) in [6.07, 6.45) is 0.804. The van der Waals surface area contributed by atoms with E-state index in [1.165, 1.54) is 0 Å². The monoisotopic (exact) mass is 321 g/mol. The summed E-state index contributed by atoms with van der Waals surface area (Å²) in [6.45, 7) is 9.47. The number of carbonyl (C=O) groups excluding carboxylic acids is 1. The maximum Gasteiger partial charge on any atom is 0.246 e. The van der Waals surface area contributed by atoms with Gasteiger partial charge in [-0.3, -0.25) is 4.79 Å². The Kier molecular flexibility index (Phi) is 23.0. The fraction of sp³-hybridized carbons (Fsp3) is 0.786. The average Bonchev–Trinajstić information content (AvgIpc) is 2.48. The molecule has 0 atom stereocenters. The third-order valence-electron chi connectivity index (χ3n) is 1.61. The molecule has 0 aromatic carbocycles. The molecule has 6 heteroatoms. The molecule has 0 heterocycles. The highest BCUT2D eigenvalue weighted by Gasteiger charge is 1.98. The summed E-state index contributed by atoms with van der Waals surface area (Å²) in [5.41, 5.74) is 0. The molecule has 0 saturated heterocycles. The Labute approximate surface area is 131 Å². The summed E-state index contributed by atoms with van der Waals surface area (Å²) in [7, 11) is 3.44. The van der Waals surface area contributed by atoms with Gasteiger partial charge in [0, 0.05) is 12.2 Å². The predicted molar refractivity (Wildman–Crippen MR) is 89.8 cm³/mol. The van der Waals surface area contributed by atoms with Crippen LogP contribution in [0.5, 0.6) is 0 Å². The summed E-state index contributed by atoms with van der Waals surface area (Å²) in [5, 5.41) is 2.65. The van der Waals surface area contributed by atoms with Gasteiger partial charge in [0.25, 0.3) is 0 Å². The molecule has 0 saturated carbocycles. The van der Waals surface area contributed by atoms with Crippen molar-refractivity contribution < 1.29 is 14.3 Å². The number of carbonyl (C=O) groups is 1. The van der Waals surface area contributed by atoms with Gasteiger partial charge < -0.3 is 14.8 Å². The zero-order chi connectivity index (χ0) is 15.5. The Bertz CT molecular complexity index is 265. The van der Waals surface area contributed by atoms with E-state index in [4.69, 9.17) is 9.47 Å². The van der Waals surface area contributed by atoms with Crippen molar-refractivity contribution in [2.24, 2.45) is 0 Å². The van der Waals surface area contributed by atoms with Crippen LogP contribution in [0.25, 0.3) is 0 Å². The van der Waals surface area contributed by atoms with Crippen molar-refractivity contribution in [3.05, 3.63) is 0 Å². The van der Waals surface area contributed by atoms with Crippen LogP contribution in [0, 0.1) is 11.8 Å². The lowest BCUT2D eigenvalue weighted by molar-refractivity contribution is -0.125. The Morgan fingerprint density at radius 1 is 1.10 bits per heavy atom. The Hall–Kier alpha value is -0.350. The molecule has 1 amide bonds. The zero-order valence-corrected chi connectivity index (χ0v) is 14.6. The normalized spacial score (nSPS) is 9.00. The van der Waals surface area contributed by atoms with Crippen molar-refractivity contribution in [1.82, 2.24) is 5.32 Å². The van der Waals surface area contributed by atoms with Crippen molar-refractivity contribution in [3.8, 4) is 11.8 Å². The van der Waals surface area contributed by atoms with Crippen LogP contribution >= 0.6 is 21.6 Å².